The number of nitrogens with one attached hydrogen (secondary N) is 1. The highest BCUT2D eigenvalue weighted by Gasteiger charge is 2.18. The van der Waals surface area contributed by atoms with Gasteiger partial charge in [-0.05, 0) is 56.7 Å². The fraction of sp³-hybridized carbons (Fsp3) is 0.250. The molecular formula is C24H22Cl2N4O4. The van der Waals surface area contributed by atoms with Crippen molar-refractivity contribution in [2.75, 3.05) is 13.2 Å². The lowest BCUT2D eigenvalue weighted by Gasteiger charge is -2.11. The minimum atomic E-state index is -0.625. The summed E-state index contributed by atoms with van der Waals surface area (Å²) in [5.74, 6) is -0.521. The van der Waals surface area contributed by atoms with E-state index in [4.69, 9.17) is 32.7 Å². The van der Waals surface area contributed by atoms with Gasteiger partial charge >= 0.3 is 0 Å². The number of fused-ring (bicyclic) bond motifs is 1. The van der Waals surface area contributed by atoms with Gasteiger partial charge in [0.15, 0.2) is 0 Å². The minimum Gasteiger partial charge on any atom is -0.437 e. The van der Waals surface area contributed by atoms with Crippen molar-refractivity contribution in [1.29, 1.82) is 5.26 Å². The third kappa shape index (κ3) is 6.35. The van der Waals surface area contributed by atoms with Crippen molar-refractivity contribution in [2.24, 2.45) is 0 Å². The molecule has 0 aliphatic carbocycles. The summed E-state index contributed by atoms with van der Waals surface area (Å²) in [4.78, 5) is 30.2. The number of benzene rings is 1. The smallest absolute Gasteiger partial charge is 0.269 e. The molecule has 10 heteroatoms. The Bertz CT molecular complexity index is 1330. The number of aromatic nitrogens is 2. The van der Waals surface area contributed by atoms with Crippen molar-refractivity contribution in [3.8, 4) is 17.7 Å². The Labute approximate surface area is 206 Å². The molecule has 3 rings (SSSR count). The van der Waals surface area contributed by atoms with Gasteiger partial charge in [0.25, 0.3) is 11.5 Å². The van der Waals surface area contributed by atoms with Crippen molar-refractivity contribution in [1.82, 2.24) is 14.7 Å². The molecule has 0 saturated heterocycles. The van der Waals surface area contributed by atoms with E-state index in [1.54, 1.807) is 24.3 Å². The molecule has 8 nitrogen and oxygen atoms in total. The largest absolute Gasteiger partial charge is 0.437 e. The average Bonchev–Trinajstić information content (AvgIpc) is 2.80. The number of carbonyl (C=O) groups excluding carboxylic acids is 1. The van der Waals surface area contributed by atoms with Crippen LogP contribution in [-0.2, 0) is 9.53 Å². The van der Waals surface area contributed by atoms with Crippen LogP contribution in [0.2, 0.25) is 10.0 Å². The minimum absolute atomic E-state index is 0.0791. The van der Waals surface area contributed by atoms with E-state index in [1.807, 2.05) is 19.9 Å². The van der Waals surface area contributed by atoms with Crippen LogP contribution >= 0.6 is 23.2 Å². The van der Waals surface area contributed by atoms with Crippen molar-refractivity contribution < 1.29 is 14.3 Å². The van der Waals surface area contributed by atoms with Crippen LogP contribution in [0.4, 0.5) is 0 Å². The molecular weight excluding hydrogens is 479 g/mol. The van der Waals surface area contributed by atoms with E-state index in [1.165, 1.54) is 22.7 Å². The molecule has 1 aromatic carbocycles. The Balaban J connectivity index is 1.97. The van der Waals surface area contributed by atoms with E-state index in [2.05, 4.69) is 10.3 Å². The van der Waals surface area contributed by atoms with Gasteiger partial charge in [0, 0.05) is 24.4 Å². The number of nitriles is 1. The quantitative estimate of drug-likeness (QED) is 0.260. The number of nitrogens with zero attached hydrogens (tertiary/aromatic N) is 3. The molecule has 0 radical (unpaired) electrons. The summed E-state index contributed by atoms with van der Waals surface area (Å²) < 4.78 is 12.6. The first-order valence-corrected chi connectivity index (χ1v) is 11.2. The number of carbonyl (C=O) groups is 1. The first-order chi connectivity index (χ1) is 16.3. The normalized spacial score (nSPS) is 11.5. The molecule has 34 heavy (non-hydrogen) atoms. The van der Waals surface area contributed by atoms with Gasteiger partial charge < -0.3 is 14.8 Å². The van der Waals surface area contributed by atoms with Gasteiger partial charge in [-0.2, -0.15) is 10.2 Å². The number of amides is 1. The second kappa shape index (κ2) is 11.7. The summed E-state index contributed by atoms with van der Waals surface area (Å²) in [6.45, 7) is 4.62. The van der Waals surface area contributed by atoms with E-state index in [0.29, 0.717) is 30.2 Å². The third-order valence-electron chi connectivity index (χ3n) is 4.55. The third-order valence-corrected chi connectivity index (χ3v) is 5.08. The lowest BCUT2D eigenvalue weighted by atomic mass is 10.1. The summed E-state index contributed by atoms with van der Waals surface area (Å²) in [6, 6.07) is 11.4. The Kier molecular flexibility index (Phi) is 8.66. The van der Waals surface area contributed by atoms with Crippen LogP contribution < -0.4 is 15.6 Å². The summed E-state index contributed by atoms with van der Waals surface area (Å²) in [6.07, 6.45) is 3.35. The highest BCUT2D eigenvalue weighted by molar-refractivity contribution is 6.35. The standard InChI is InChI=1S/C24H22Cl2N4O4/c1-15(2)33-11-5-9-28-22(31)16(14-27)12-18-23(34-20-8-7-17(25)13-19(20)26)29-21-6-3-4-10-30(21)24(18)32/h3-4,6-8,10,12-13,15H,5,9,11H2,1-2H3,(H,28,31)/b16-12+. The molecule has 0 atom stereocenters. The maximum atomic E-state index is 13.2. The summed E-state index contributed by atoms with van der Waals surface area (Å²) >= 11 is 12.2. The zero-order valence-electron chi connectivity index (χ0n) is 18.5. The van der Waals surface area contributed by atoms with Crippen molar-refractivity contribution in [3.63, 3.8) is 0 Å². The number of hydrogen-bond donors (Lipinski definition) is 1. The van der Waals surface area contributed by atoms with Crippen LogP contribution in [0, 0.1) is 11.3 Å². The number of halogens is 2. The Morgan fingerprint density at radius 3 is 2.79 bits per heavy atom. The van der Waals surface area contributed by atoms with Gasteiger partial charge in [0.05, 0.1) is 11.1 Å². The van der Waals surface area contributed by atoms with Gasteiger partial charge in [-0.25, -0.2) is 0 Å². The second-order valence-corrected chi connectivity index (χ2v) is 8.28. The highest BCUT2D eigenvalue weighted by Crippen LogP contribution is 2.32. The predicted molar refractivity (Wildman–Crippen MR) is 130 cm³/mol. The van der Waals surface area contributed by atoms with Crippen LogP contribution in [0.25, 0.3) is 11.7 Å². The second-order valence-electron chi connectivity index (χ2n) is 7.44. The van der Waals surface area contributed by atoms with E-state index in [-0.39, 0.29) is 33.9 Å². The summed E-state index contributed by atoms with van der Waals surface area (Å²) in [5, 5.41) is 12.9. The first kappa shape index (κ1) is 25.2. The molecule has 0 unspecified atom stereocenters. The number of ether oxygens (including phenoxy) is 2. The summed E-state index contributed by atoms with van der Waals surface area (Å²) in [5.41, 5.74) is -0.550. The highest BCUT2D eigenvalue weighted by atomic mass is 35.5. The van der Waals surface area contributed by atoms with Crippen LogP contribution in [0.3, 0.4) is 0 Å². The van der Waals surface area contributed by atoms with Crippen LogP contribution in [-0.4, -0.2) is 34.5 Å². The number of rotatable bonds is 9. The van der Waals surface area contributed by atoms with Crippen LogP contribution in [0.1, 0.15) is 25.8 Å². The van der Waals surface area contributed by atoms with Crippen molar-refractivity contribution in [2.45, 2.75) is 26.4 Å². The lowest BCUT2D eigenvalue weighted by Crippen LogP contribution is -2.27. The molecule has 2 aromatic heterocycles. The molecule has 0 saturated carbocycles. The molecule has 0 spiro atoms. The van der Waals surface area contributed by atoms with Gasteiger partial charge in [0.1, 0.15) is 28.6 Å². The molecule has 0 bridgehead atoms. The topological polar surface area (TPSA) is 106 Å². The fourth-order valence-electron chi connectivity index (χ4n) is 2.93. The van der Waals surface area contributed by atoms with Crippen molar-refractivity contribution >= 4 is 40.8 Å². The zero-order valence-corrected chi connectivity index (χ0v) is 20.1. The number of hydrogen-bond acceptors (Lipinski definition) is 6. The van der Waals surface area contributed by atoms with Crippen LogP contribution in [0.5, 0.6) is 11.6 Å². The Morgan fingerprint density at radius 1 is 1.29 bits per heavy atom. The van der Waals surface area contributed by atoms with E-state index in [0.717, 1.165) is 6.08 Å². The van der Waals surface area contributed by atoms with Crippen molar-refractivity contribution in [3.05, 3.63) is 74.1 Å². The van der Waals surface area contributed by atoms with Gasteiger partial charge in [-0.1, -0.05) is 29.3 Å². The molecule has 0 fully saturated rings. The van der Waals surface area contributed by atoms with Crippen LogP contribution in [0.15, 0.2) is 53.0 Å². The summed E-state index contributed by atoms with van der Waals surface area (Å²) in [7, 11) is 0. The van der Waals surface area contributed by atoms with Gasteiger partial charge in [-0.3, -0.25) is 14.0 Å². The number of pyridine rings is 1. The Hall–Kier alpha value is -3.38. The fourth-order valence-corrected chi connectivity index (χ4v) is 3.37. The molecule has 1 amide bonds. The van der Waals surface area contributed by atoms with Gasteiger partial charge in [-0.15, -0.1) is 0 Å². The monoisotopic (exact) mass is 500 g/mol. The molecule has 1 N–H and O–H groups in total. The first-order valence-electron chi connectivity index (χ1n) is 10.5. The van der Waals surface area contributed by atoms with Gasteiger partial charge in [0.2, 0.25) is 5.88 Å². The van der Waals surface area contributed by atoms with E-state index >= 15 is 0 Å². The molecule has 176 valence electrons. The SMILES string of the molecule is CC(C)OCCCNC(=O)/C(C#N)=C/c1c(Oc2ccc(Cl)cc2Cl)nc2ccccn2c1=O. The zero-order chi connectivity index (χ0) is 24.7. The maximum absolute atomic E-state index is 13.2. The predicted octanol–water partition coefficient (Wildman–Crippen LogP) is 4.63. The maximum Gasteiger partial charge on any atom is 0.269 e. The van der Waals surface area contributed by atoms with E-state index in [9.17, 15) is 14.9 Å². The average molecular weight is 501 g/mol. The molecule has 0 aliphatic heterocycles. The molecule has 0 aliphatic rings. The molecule has 3 aromatic rings. The molecule has 2 heterocycles. The lowest BCUT2D eigenvalue weighted by molar-refractivity contribution is -0.117. The van der Waals surface area contributed by atoms with E-state index < -0.39 is 11.5 Å². The Morgan fingerprint density at radius 2 is 2.09 bits per heavy atom.